The molecular formula is C19H15NO4. The van der Waals surface area contributed by atoms with Crippen LogP contribution in [0.2, 0.25) is 0 Å². The zero-order valence-electron chi connectivity index (χ0n) is 13.1. The number of carbonyl (C=O) groups is 3. The van der Waals surface area contributed by atoms with Crippen LogP contribution in [0.1, 0.15) is 44.7 Å². The number of hydrogen-bond acceptors (Lipinski definition) is 4. The van der Waals surface area contributed by atoms with Crippen molar-refractivity contribution in [1.82, 2.24) is 5.06 Å². The van der Waals surface area contributed by atoms with Crippen LogP contribution in [-0.2, 0) is 15.0 Å². The van der Waals surface area contributed by atoms with E-state index in [0.717, 1.165) is 11.1 Å². The van der Waals surface area contributed by atoms with Crippen LogP contribution < -0.4 is 0 Å². The van der Waals surface area contributed by atoms with E-state index in [-0.39, 0.29) is 11.1 Å². The van der Waals surface area contributed by atoms with Crippen LogP contribution in [0.5, 0.6) is 0 Å². The molecule has 0 bridgehead atoms. The minimum absolute atomic E-state index is 0.260. The van der Waals surface area contributed by atoms with Crippen LogP contribution in [0.15, 0.2) is 48.5 Å². The van der Waals surface area contributed by atoms with E-state index in [1.165, 1.54) is 0 Å². The minimum atomic E-state index is -0.749. The number of hydrogen-bond donors (Lipinski definition) is 0. The first kappa shape index (κ1) is 14.6. The quantitative estimate of drug-likeness (QED) is 0.816. The van der Waals surface area contributed by atoms with Gasteiger partial charge in [0.2, 0.25) is 0 Å². The Morgan fingerprint density at radius 2 is 1.50 bits per heavy atom. The average Bonchev–Trinajstić information content (AvgIpc) is 3.36. The zero-order valence-corrected chi connectivity index (χ0v) is 13.1. The standard InChI is InChI=1S/C19H15NO4/c1-12-6-2-5-9-15(12)19(10-11-19)18(23)24-20-16(21)13-7-3-4-8-14(13)17(20)22/h2-9H,10-11H2,1H3. The first-order chi connectivity index (χ1) is 11.5. The third kappa shape index (κ3) is 1.98. The van der Waals surface area contributed by atoms with E-state index >= 15 is 0 Å². The molecule has 0 aromatic heterocycles. The van der Waals surface area contributed by atoms with E-state index in [1.807, 2.05) is 31.2 Å². The molecule has 2 aromatic carbocycles. The molecule has 5 nitrogen and oxygen atoms in total. The number of fused-ring (bicyclic) bond motifs is 1. The maximum atomic E-state index is 12.7. The van der Waals surface area contributed by atoms with E-state index in [9.17, 15) is 14.4 Å². The highest BCUT2D eigenvalue weighted by Crippen LogP contribution is 2.50. The second-order valence-corrected chi connectivity index (χ2v) is 6.23. The second-order valence-electron chi connectivity index (χ2n) is 6.23. The van der Waals surface area contributed by atoms with E-state index in [1.54, 1.807) is 24.3 Å². The van der Waals surface area contributed by atoms with Crippen molar-refractivity contribution >= 4 is 17.8 Å². The molecule has 0 radical (unpaired) electrons. The molecule has 1 saturated carbocycles. The molecule has 0 unspecified atom stereocenters. The predicted molar refractivity (Wildman–Crippen MR) is 85.1 cm³/mol. The molecular weight excluding hydrogens is 306 g/mol. The predicted octanol–water partition coefficient (Wildman–Crippen LogP) is 2.78. The van der Waals surface area contributed by atoms with Gasteiger partial charge in [-0.2, -0.15) is 0 Å². The number of aryl methyl sites for hydroxylation is 1. The maximum absolute atomic E-state index is 12.7. The normalized spacial score (nSPS) is 17.6. The Hall–Kier alpha value is -2.95. The fourth-order valence-electron chi connectivity index (χ4n) is 3.24. The summed E-state index contributed by atoms with van der Waals surface area (Å²) >= 11 is 0. The number of rotatable bonds is 3. The molecule has 0 spiro atoms. The van der Waals surface area contributed by atoms with Gasteiger partial charge in [0, 0.05) is 0 Å². The Kier molecular flexibility index (Phi) is 3.06. The molecule has 120 valence electrons. The Morgan fingerprint density at radius 1 is 0.958 bits per heavy atom. The lowest BCUT2D eigenvalue weighted by Gasteiger charge is -2.20. The fraction of sp³-hybridized carbons (Fsp3) is 0.211. The Labute approximate surface area is 138 Å². The SMILES string of the molecule is Cc1ccccc1C1(C(=O)ON2C(=O)c3ccccc3C2=O)CC1. The van der Waals surface area contributed by atoms with Gasteiger partial charge in [0.25, 0.3) is 11.8 Å². The molecule has 1 aliphatic carbocycles. The van der Waals surface area contributed by atoms with E-state index in [2.05, 4.69) is 0 Å². The van der Waals surface area contributed by atoms with Gasteiger partial charge >= 0.3 is 5.97 Å². The molecule has 0 N–H and O–H groups in total. The summed E-state index contributed by atoms with van der Waals surface area (Å²) in [5.74, 6) is -1.74. The van der Waals surface area contributed by atoms with Gasteiger partial charge in [-0.15, -0.1) is 0 Å². The Morgan fingerprint density at radius 3 is 2.04 bits per heavy atom. The third-order valence-corrected chi connectivity index (χ3v) is 4.73. The number of nitrogens with zero attached hydrogens (tertiary/aromatic N) is 1. The van der Waals surface area contributed by atoms with Crippen molar-refractivity contribution in [2.24, 2.45) is 0 Å². The molecule has 5 heteroatoms. The van der Waals surface area contributed by atoms with E-state index in [4.69, 9.17) is 4.84 Å². The fourth-order valence-corrected chi connectivity index (χ4v) is 3.24. The van der Waals surface area contributed by atoms with Gasteiger partial charge in [-0.25, -0.2) is 4.79 Å². The van der Waals surface area contributed by atoms with Crippen LogP contribution in [0, 0.1) is 6.92 Å². The summed E-state index contributed by atoms with van der Waals surface area (Å²) in [5, 5.41) is 0.589. The van der Waals surface area contributed by atoms with Crippen molar-refractivity contribution in [1.29, 1.82) is 0 Å². The molecule has 1 fully saturated rings. The number of benzene rings is 2. The molecule has 1 aliphatic heterocycles. The van der Waals surface area contributed by atoms with E-state index < -0.39 is 23.2 Å². The summed E-state index contributed by atoms with van der Waals surface area (Å²) in [5.41, 5.74) is 1.66. The topological polar surface area (TPSA) is 63.7 Å². The zero-order chi connectivity index (χ0) is 16.9. The van der Waals surface area contributed by atoms with Gasteiger partial charge in [0.05, 0.1) is 16.5 Å². The summed E-state index contributed by atoms with van der Waals surface area (Å²) in [7, 11) is 0. The van der Waals surface area contributed by atoms with Crippen molar-refractivity contribution < 1.29 is 19.2 Å². The summed E-state index contributed by atoms with van der Waals surface area (Å²) in [6.07, 6.45) is 1.31. The molecule has 0 atom stereocenters. The average molecular weight is 321 g/mol. The van der Waals surface area contributed by atoms with Crippen molar-refractivity contribution in [3.05, 3.63) is 70.8 Å². The van der Waals surface area contributed by atoms with Crippen LogP contribution in [0.4, 0.5) is 0 Å². The summed E-state index contributed by atoms with van der Waals surface area (Å²) in [6.45, 7) is 1.94. The second kappa shape index (κ2) is 5.03. The van der Waals surface area contributed by atoms with Crippen molar-refractivity contribution in [2.75, 3.05) is 0 Å². The van der Waals surface area contributed by atoms with Crippen LogP contribution >= 0.6 is 0 Å². The lowest BCUT2D eigenvalue weighted by atomic mass is 9.92. The summed E-state index contributed by atoms with van der Waals surface area (Å²) in [4.78, 5) is 42.6. The highest BCUT2D eigenvalue weighted by molar-refractivity contribution is 6.21. The minimum Gasteiger partial charge on any atom is -0.329 e. The largest absolute Gasteiger partial charge is 0.343 e. The van der Waals surface area contributed by atoms with Gasteiger partial charge in [-0.3, -0.25) is 9.59 Å². The van der Waals surface area contributed by atoms with Gasteiger partial charge < -0.3 is 4.84 Å². The van der Waals surface area contributed by atoms with Gasteiger partial charge in [-0.05, 0) is 43.0 Å². The third-order valence-electron chi connectivity index (χ3n) is 4.73. The molecule has 24 heavy (non-hydrogen) atoms. The van der Waals surface area contributed by atoms with Crippen LogP contribution in [0.25, 0.3) is 0 Å². The number of hydroxylamine groups is 2. The van der Waals surface area contributed by atoms with Crippen LogP contribution in [-0.4, -0.2) is 22.8 Å². The summed E-state index contributed by atoms with van der Waals surface area (Å²) < 4.78 is 0. The first-order valence-corrected chi connectivity index (χ1v) is 7.81. The van der Waals surface area contributed by atoms with Crippen molar-refractivity contribution in [3.8, 4) is 0 Å². The number of carbonyl (C=O) groups excluding carboxylic acids is 3. The number of amides is 2. The maximum Gasteiger partial charge on any atom is 0.343 e. The van der Waals surface area contributed by atoms with E-state index in [0.29, 0.717) is 17.9 Å². The van der Waals surface area contributed by atoms with Gasteiger partial charge in [-0.1, -0.05) is 41.5 Å². The Balaban J connectivity index is 1.61. The highest BCUT2D eigenvalue weighted by atomic mass is 16.7. The smallest absolute Gasteiger partial charge is 0.329 e. The van der Waals surface area contributed by atoms with Gasteiger partial charge in [0.15, 0.2) is 0 Å². The van der Waals surface area contributed by atoms with Crippen LogP contribution in [0.3, 0.4) is 0 Å². The van der Waals surface area contributed by atoms with Crippen molar-refractivity contribution in [2.45, 2.75) is 25.2 Å². The lowest BCUT2D eigenvalue weighted by molar-refractivity contribution is -0.171. The lowest BCUT2D eigenvalue weighted by Crippen LogP contribution is -2.37. The molecule has 2 aliphatic rings. The molecule has 0 saturated heterocycles. The summed E-state index contributed by atoms with van der Waals surface area (Å²) in [6, 6.07) is 14.1. The molecule has 1 heterocycles. The molecule has 2 amide bonds. The number of imide groups is 1. The molecule has 4 rings (SSSR count). The van der Waals surface area contributed by atoms with Gasteiger partial charge in [0.1, 0.15) is 0 Å². The highest BCUT2D eigenvalue weighted by Gasteiger charge is 2.55. The Bertz CT molecular complexity index is 847. The molecule has 2 aromatic rings. The monoisotopic (exact) mass is 321 g/mol. The van der Waals surface area contributed by atoms with Crippen molar-refractivity contribution in [3.63, 3.8) is 0 Å². The first-order valence-electron chi connectivity index (χ1n) is 7.81.